The van der Waals surface area contributed by atoms with Crippen LogP contribution in [0, 0.1) is 6.92 Å². The molecule has 0 saturated carbocycles. The van der Waals surface area contributed by atoms with Crippen LogP contribution in [0.2, 0.25) is 0 Å². The zero-order chi connectivity index (χ0) is 22.7. The Bertz CT molecular complexity index is 1120. The van der Waals surface area contributed by atoms with Crippen molar-refractivity contribution in [3.05, 3.63) is 59.8 Å². The molecule has 4 rings (SSSR count). The van der Waals surface area contributed by atoms with Crippen molar-refractivity contribution in [2.24, 2.45) is 0 Å². The quantitative estimate of drug-likeness (QED) is 0.605. The molecule has 3 aromatic rings. The lowest BCUT2D eigenvalue weighted by Crippen LogP contribution is -2.43. The summed E-state index contributed by atoms with van der Waals surface area (Å²) in [4.78, 5) is 34.6. The summed E-state index contributed by atoms with van der Waals surface area (Å²) in [6.45, 7) is 3.08. The molecular weight excluding hydrogens is 408 g/mol. The summed E-state index contributed by atoms with van der Waals surface area (Å²) in [5.74, 6) is 1.19. The number of ether oxygens (including phenoxy) is 2. The number of rotatable bonds is 5. The third-order valence-electron chi connectivity index (χ3n) is 5.33. The first-order valence-corrected chi connectivity index (χ1v) is 10.3. The molecular formula is C23H26N6O3. The van der Waals surface area contributed by atoms with Gasteiger partial charge in [0.2, 0.25) is 5.95 Å². The van der Waals surface area contributed by atoms with Crippen LogP contribution in [0.25, 0.3) is 11.3 Å². The molecule has 3 heterocycles. The fourth-order valence-corrected chi connectivity index (χ4v) is 3.63. The van der Waals surface area contributed by atoms with Crippen LogP contribution in [-0.4, -0.2) is 71.6 Å². The molecule has 1 aliphatic heterocycles. The van der Waals surface area contributed by atoms with Crippen LogP contribution >= 0.6 is 0 Å². The molecule has 1 unspecified atom stereocenters. The SMILES string of the molecule is COc1cccc(-c2nccnc2C2CN(C(=O)c3cnc(N(C)C)nc3C)CCO2)c1. The molecule has 1 saturated heterocycles. The molecule has 1 aliphatic rings. The number of hydrogen-bond acceptors (Lipinski definition) is 8. The zero-order valence-corrected chi connectivity index (χ0v) is 18.6. The van der Waals surface area contributed by atoms with Crippen molar-refractivity contribution >= 4 is 11.9 Å². The van der Waals surface area contributed by atoms with Crippen molar-refractivity contribution in [1.29, 1.82) is 0 Å². The first kappa shape index (κ1) is 21.6. The van der Waals surface area contributed by atoms with Gasteiger partial charge in [0, 0.05) is 44.8 Å². The fourth-order valence-electron chi connectivity index (χ4n) is 3.63. The van der Waals surface area contributed by atoms with Gasteiger partial charge in [-0.15, -0.1) is 0 Å². The molecule has 0 radical (unpaired) electrons. The highest BCUT2D eigenvalue weighted by molar-refractivity contribution is 5.95. The van der Waals surface area contributed by atoms with Crippen LogP contribution in [0.1, 0.15) is 27.8 Å². The molecule has 0 aliphatic carbocycles. The Morgan fingerprint density at radius 3 is 2.78 bits per heavy atom. The number of aromatic nitrogens is 4. The van der Waals surface area contributed by atoms with E-state index in [1.54, 1.807) is 35.5 Å². The minimum Gasteiger partial charge on any atom is -0.497 e. The Hall–Kier alpha value is -3.59. The van der Waals surface area contributed by atoms with Gasteiger partial charge in [-0.1, -0.05) is 12.1 Å². The monoisotopic (exact) mass is 434 g/mol. The van der Waals surface area contributed by atoms with Gasteiger partial charge in [-0.05, 0) is 19.1 Å². The van der Waals surface area contributed by atoms with E-state index in [1.165, 1.54) is 0 Å². The molecule has 1 atom stereocenters. The van der Waals surface area contributed by atoms with Gasteiger partial charge in [0.1, 0.15) is 11.9 Å². The first-order valence-electron chi connectivity index (χ1n) is 10.3. The normalized spacial score (nSPS) is 16.0. The van der Waals surface area contributed by atoms with Crippen LogP contribution in [0.5, 0.6) is 5.75 Å². The predicted octanol–water partition coefficient (Wildman–Crippen LogP) is 2.53. The van der Waals surface area contributed by atoms with Gasteiger partial charge in [0.25, 0.3) is 5.91 Å². The zero-order valence-electron chi connectivity index (χ0n) is 18.6. The highest BCUT2D eigenvalue weighted by Gasteiger charge is 2.30. The van der Waals surface area contributed by atoms with E-state index in [0.29, 0.717) is 48.3 Å². The molecule has 166 valence electrons. The number of aryl methyl sites for hydroxylation is 1. The molecule has 9 nitrogen and oxygen atoms in total. The Morgan fingerprint density at radius 1 is 1.22 bits per heavy atom. The largest absolute Gasteiger partial charge is 0.497 e. The van der Waals surface area contributed by atoms with Crippen LogP contribution in [0.4, 0.5) is 5.95 Å². The maximum Gasteiger partial charge on any atom is 0.257 e. The van der Waals surface area contributed by atoms with Gasteiger partial charge in [0.15, 0.2) is 0 Å². The maximum absolute atomic E-state index is 13.2. The summed E-state index contributed by atoms with van der Waals surface area (Å²) in [7, 11) is 5.36. The lowest BCUT2D eigenvalue weighted by Gasteiger charge is -2.33. The number of benzene rings is 1. The molecule has 0 bridgehead atoms. The summed E-state index contributed by atoms with van der Waals surface area (Å²) >= 11 is 0. The van der Waals surface area contributed by atoms with E-state index >= 15 is 0 Å². The number of amides is 1. The molecule has 1 aromatic carbocycles. The number of carbonyl (C=O) groups excluding carboxylic acids is 1. The number of morpholine rings is 1. The second-order valence-electron chi connectivity index (χ2n) is 7.70. The van der Waals surface area contributed by atoms with Gasteiger partial charge in [0.05, 0.1) is 42.9 Å². The second-order valence-corrected chi connectivity index (χ2v) is 7.70. The van der Waals surface area contributed by atoms with E-state index in [1.807, 2.05) is 45.3 Å². The Kier molecular flexibility index (Phi) is 6.27. The summed E-state index contributed by atoms with van der Waals surface area (Å²) in [6.07, 6.45) is 4.48. The molecule has 9 heteroatoms. The van der Waals surface area contributed by atoms with Crippen molar-refractivity contribution in [2.45, 2.75) is 13.0 Å². The highest BCUT2D eigenvalue weighted by Crippen LogP contribution is 2.31. The highest BCUT2D eigenvalue weighted by atomic mass is 16.5. The van der Waals surface area contributed by atoms with Gasteiger partial charge in [-0.3, -0.25) is 14.8 Å². The standard InChI is InChI=1S/C23H26N6O3/c1-15-18(13-26-23(27-15)28(2)3)22(30)29-10-11-32-19(14-29)21-20(24-8-9-25-21)16-6-5-7-17(12-16)31-4/h5-9,12-13,19H,10-11,14H2,1-4H3. The Balaban J connectivity index is 1.59. The van der Waals surface area contributed by atoms with Crippen LogP contribution in [0.3, 0.4) is 0 Å². The third-order valence-corrected chi connectivity index (χ3v) is 5.33. The Morgan fingerprint density at radius 2 is 2.03 bits per heavy atom. The van der Waals surface area contributed by atoms with Crippen LogP contribution in [-0.2, 0) is 4.74 Å². The van der Waals surface area contributed by atoms with Gasteiger partial charge in [-0.2, -0.15) is 0 Å². The van der Waals surface area contributed by atoms with E-state index in [2.05, 4.69) is 19.9 Å². The first-order chi connectivity index (χ1) is 15.5. The van der Waals surface area contributed by atoms with Gasteiger partial charge < -0.3 is 19.3 Å². The molecule has 0 N–H and O–H groups in total. The van der Waals surface area contributed by atoms with E-state index in [-0.39, 0.29) is 5.91 Å². The average molecular weight is 435 g/mol. The lowest BCUT2D eigenvalue weighted by atomic mass is 10.0. The van der Waals surface area contributed by atoms with Crippen molar-refractivity contribution in [2.75, 3.05) is 45.8 Å². The average Bonchev–Trinajstić information content (AvgIpc) is 2.83. The summed E-state index contributed by atoms with van der Waals surface area (Å²) in [5.41, 5.74) is 3.41. The van der Waals surface area contributed by atoms with Crippen LogP contribution < -0.4 is 9.64 Å². The molecule has 2 aromatic heterocycles. The summed E-state index contributed by atoms with van der Waals surface area (Å²) < 4.78 is 11.4. The number of hydrogen-bond donors (Lipinski definition) is 0. The minimum absolute atomic E-state index is 0.118. The molecule has 32 heavy (non-hydrogen) atoms. The van der Waals surface area contributed by atoms with E-state index in [0.717, 1.165) is 11.3 Å². The minimum atomic E-state index is -0.398. The molecule has 1 amide bonds. The van der Waals surface area contributed by atoms with Crippen molar-refractivity contribution in [3.8, 4) is 17.0 Å². The summed E-state index contributed by atoms with van der Waals surface area (Å²) in [6, 6.07) is 7.65. The van der Waals surface area contributed by atoms with E-state index < -0.39 is 6.10 Å². The predicted molar refractivity (Wildman–Crippen MR) is 120 cm³/mol. The Labute approximate surface area is 187 Å². The second kappa shape index (κ2) is 9.27. The fraction of sp³-hybridized carbons (Fsp3) is 0.348. The van der Waals surface area contributed by atoms with Gasteiger partial charge in [-0.25, -0.2) is 9.97 Å². The van der Waals surface area contributed by atoms with Crippen molar-refractivity contribution < 1.29 is 14.3 Å². The van der Waals surface area contributed by atoms with E-state index in [4.69, 9.17) is 9.47 Å². The maximum atomic E-state index is 13.2. The lowest BCUT2D eigenvalue weighted by molar-refractivity contribution is -0.0246. The number of nitrogens with zero attached hydrogens (tertiary/aromatic N) is 6. The third kappa shape index (κ3) is 4.38. The van der Waals surface area contributed by atoms with Crippen molar-refractivity contribution in [1.82, 2.24) is 24.8 Å². The topological polar surface area (TPSA) is 93.6 Å². The van der Waals surface area contributed by atoms with E-state index in [9.17, 15) is 4.79 Å². The number of anilines is 1. The molecule has 1 fully saturated rings. The van der Waals surface area contributed by atoms with Crippen molar-refractivity contribution in [3.63, 3.8) is 0 Å². The van der Waals surface area contributed by atoms with Crippen LogP contribution in [0.15, 0.2) is 42.9 Å². The van der Waals surface area contributed by atoms with Gasteiger partial charge >= 0.3 is 0 Å². The number of methoxy groups -OCH3 is 1. The summed E-state index contributed by atoms with van der Waals surface area (Å²) in [5, 5.41) is 0. The smallest absolute Gasteiger partial charge is 0.257 e. The number of carbonyl (C=O) groups is 1. The molecule has 0 spiro atoms.